The first-order valence-corrected chi connectivity index (χ1v) is 4.31. The van der Waals surface area contributed by atoms with Crippen LogP contribution in [-0.2, 0) is 0 Å². The summed E-state index contributed by atoms with van der Waals surface area (Å²) in [5.41, 5.74) is 6.87. The number of benzene rings is 1. The molecule has 1 aromatic carbocycles. The summed E-state index contributed by atoms with van der Waals surface area (Å²) < 4.78 is 0.0438. The highest BCUT2D eigenvalue weighted by Crippen LogP contribution is 2.28. The highest BCUT2D eigenvalue weighted by molar-refractivity contribution is 6.66. The van der Waals surface area contributed by atoms with E-state index in [4.69, 9.17) is 40.5 Å². The molecule has 0 spiro atoms. The van der Waals surface area contributed by atoms with E-state index in [2.05, 4.69) is 0 Å². The Hall–Kier alpha value is -0.0800. The zero-order valence-corrected chi connectivity index (χ0v) is 9.51. The second-order valence-corrected chi connectivity index (χ2v) is 3.53. The van der Waals surface area contributed by atoms with E-state index in [0.29, 0.717) is 10.7 Å². The van der Waals surface area contributed by atoms with E-state index in [9.17, 15) is 0 Å². The first kappa shape index (κ1) is 12.9. The predicted octanol–water partition coefficient (Wildman–Crippen LogP) is 4.03. The largest absolute Gasteiger partial charge is 0.399 e. The standard InChI is InChI=1S/C8H6Cl3N.ClH/c9-7(8(10)11)5-2-1-3-6(12)4-5;/h1-4H,12H2;1H. The van der Waals surface area contributed by atoms with Gasteiger partial charge in [-0.1, -0.05) is 46.9 Å². The zero-order chi connectivity index (χ0) is 9.14. The Balaban J connectivity index is 0.00000144. The van der Waals surface area contributed by atoms with Crippen LogP contribution in [0.4, 0.5) is 5.69 Å². The summed E-state index contributed by atoms with van der Waals surface area (Å²) in [5.74, 6) is 0. The molecular weight excluding hydrogens is 252 g/mol. The highest BCUT2D eigenvalue weighted by atomic mass is 35.5. The molecule has 0 bridgehead atoms. The van der Waals surface area contributed by atoms with E-state index in [-0.39, 0.29) is 16.9 Å². The SMILES string of the molecule is Cl.Nc1cccc(C(Cl)=C(Cl)Cl)c1. The number of anilines is 1. The van der Waals surface area contributed by atoms with E-state index in [1.165, 1.54) is 0 Å². The Bertz CT molecular complexity index is 318. The molecule has 0 aromatic heterocycles. The van der Waals surface area contributed by atoms with Crippen LogP contribution in [0.3, 0.4) is 0 Å². The normalized spacial score (nSPS) is 8.85. The third kappa shape index (κ3) is 3.65. The molecule has 2 N–H and O–H groups in total. The van der Waals surface area contributed by atoms with Crippen molar-refractivity contribution in [2.45, 2.75) is 0 Å². The summed E-state index contributed by atoms with van der Waals surface area (Å²) in [4.78, 5) is 0. The molecule has 0 radical (unpaired) electrons. The van der Waals surface area contributed by atoms with Gasteiger partial charge < -0.3 is 5.73 Å². The fraction of sp³-hybridized carbons (Fsp3) is 0. The van der Waals surface area contributed by atoms with Crippen LogP contribution < -0.4 is 5.73 Å². The van der Waals surface area contributed by atoms with Gasteiger partial charge in [0.25, 0.3) is 0 Å². The molecule has 13 heavy (non-hydrogen) atoms. The van der Waals surface area contributed by atoms with Gasteiger partial charge in [0.2, 0.25) is 0 Å². The van der Waals surface area contributed by atoms with Crippen molar-refractivity contribution in [1.29, 1.82) is 0 Å². The third-order valence-corrected chi connectivity index (χ3v) is 2.28. The topological polar surface area (TPSA) is 26.0 Å². The van der Waals surface area contributed by atoms with Crippen LogP contribution in [0.15, 0.2) is 28.8 Å². The molecule has 0 unspecified atom stereocenters. The van der Waals surface area contributed by atoms with E-state index in [1.54, 1.807) is 24.3 Å². The summed E-state index contributed by atoms with van der Waals surface area (Å²) >= 11 is 16.7. The smallest absolute Gasteiger partial charge is 0.126 e. The highest BCUT2D eigenvalue weighted by Gasteiger charge is 2.02. The Morgan fingerprint density at radius 3 is 2.23 bits per heavy atom. The number of rotatable bonds is 1. The van der Waals surface area contributed by atoms with Crippen molar-refractivity contribution in [3.05, 3.63) is 34.3 Å². The molecule has 0 aliphatic carbocycles. The van der Waals surface area contributed by atoms with Crippen LogP contribution >= 0.6 is 47.2 Å². The summed E-state index contributed by atoms with van der Waals surface area (Å²) in [6.45, 7) is 0. The molecule has 0 fully saturated rings. The van der Waals surface area contributed by atoms with Crippen LogP contribution in [-0.4, -0.2) is 0 Å². The molecule has 0 heterocycles. The lowest BCUT2D eigenvalue weighted by Crippen LogP contribution is -1.85. The van der Waals surface area contributed by atoms with Gasteiger partial charge in [0.15, 0.2) is 0 Å². The maximum atomic E-state index is 5.77. The lowest BCUT2D eigenvalue weighted by Gasteiger charge is -1.99. The second kappa shape index (κ2) is 5.61. The second-order valence-electron chi connectivity index (χ2n) is 2.20. The molecule has 0 atom stereocenters. The average Bonchev–Trinajstić information content (AvgIpc) is 2.03. The molecular formula is C8H7Cl4N. The van der Waals surface area contributed by atoms with Crippen molar-refractivity contribution in [2.75, 3.05) is 5.73 Å². The summed E-state index contributed by atoms with van der Waals surface area (Å²) in [6.07, 6.45) is 0. The summed E-state index contributed by atoms with van der Waals surface area (Å²) in [5, 5.41) is 0.311. The van der Waals surface area contributed by atoms with Gasteiger partial charge in [0.05, 0.1) is 5.03 Å². The first-order chi connectivity index (χ1) is 5.61. The fourth-order valence-corrected chi connectivity index (χ4v) is 1.12. The van der Waals surface area contributed by atoms with Gasteiger partial charge >= 0.3 is 0 Å². The first-order valence-electron chi connectivity index (χ1n) is 3.18. The molecule has 0 saturated carbocycles. The predicted molar refractivity (Wildman–Crippen MR) is 62.6 cm³/mol. The zero-order valence-electron chi connectivity index (χ0n) is 6.43. The van der Waals surface area contributed by atoms with Gasteiger partial charge in [0, 0.05) is 5.69 Å². The third-order valence-electron chi connectivity index (χ3n) is 1.31. The summed E-state index contributed by atoms with van der Waals surface area (Å²) in [6, 6.07) is 7.02. The minimum atomic E-state index is 0. The Morgan fingerprint density at radius 2 is 1.77 bits per heavy atom. The lowest BCUT2D eigenvalue weighted by atomic mass is 10.2. The maximum Gasteiger partial charge on any atom is 0.126 e. The molecule has 0 aliphatic heterocycles. The van der Waals surface area contributed by atoms with E-state index < -0.39 is 0 Å². The number of nitrogens with two attached hydrogens (primary N) is 1. The van der Waals surface area contributed by atoms with Crippen LogP contribution in [0.25, 0.3) is 5.03 Å². The van der Waals surface area contributed by atoms with Crippen LogP contribution in [0.1, 0.15) is 5.56 Å². The van der Waals surface area contributed by atoms with Crippen LogP contribution in [0, 0.1) is 0 Å². The van der Waals surface area contributed by atoms with E-state index >= 15 is 0 Å². The molecule has 72 valence electrons. The van der Waals surface area contributed by atoms with E-state index in [0.717, 1.165) is 5.56 Å². The fourth-order valence-electron chi connectivity index (χ4n) is 0.784. The van der Waals surface area contributed by atoms with Gasteiger partial charge in [-0.05, 0) is 17.7 Å². The van der Waals surface area contributed by atoms with Gasteiger partial charge in [-0.3, -0.25) is 0 Å². The van der Waals surface area contributed by atoms with Crippen LogP contribution in [0.5, 0.6) is 0 Å². The van der Waals surface area contributed by atoms with Crippen molar-refractivity contribution in [2.24, 2.45) is 0 Å². The molecule has 5 heteroatoms. The molecule has 1 rings (SSSR count). The van der Waals surface area contributed by atoms with Gasteiger partial charge in [-0.15, -0.1) is 12.4 Å². The van der Waals surface area contributed by atoms with Crippen LogP contribution in [0.2, 0.25) is 0 Å². The van der Waals surface area contributed by atoms with Crippen molar-refractivity contribution < 1.29 is 0 Å². The molecule has 1 nitrogen and oxygen atoms in total. The van der Waals surface area contributed by atoms with Gasteiger partial charge in [0.1, 0.15) is 4.49 Å². The maximum absolute atomic E-state index is 5.77. The minimum Gasteiger partial charge on any atom is -0.399 e. The van der Waals surface area contributed by atoms with Gasteiger partial charge in [-0.25, -0.2) is 0 Å². The molecule has 1 aromatic rings. The number of hydrogen-bond acceptors (Lipinski definition) is 1. The number of hydrogen-bond donors (Lipinski definition) is 1. The minimum absolute atomic E-state index is 0. The van der Waals surface area contributed by atoms with Crippen molar-refractivity contribution in [3.63, 3.8) is 0 Å². The van der Waals surface area contributed by atoms with E-state index in [1.807, 2.05) is 0 Å². The molecule has 0 saturated heterocycles. The van der Waals surface area contributed by atoms with Crippen molar-refractivity contribution >= 4 is 57.9 Å². The van der Waals surface area contributed by atoms with Crippen molar-refractivity contribution in [1.82, 2.24) is 0 Å². The molecule has 0 aliphatic rings. The quantitative estimate of drug-likeness (QED) is 0.757. The Labute approximate surface area is 97.9 Å². The Kier molecular flexibility index (Phi) is 5.57. The molecule has 0 amide bonds. The summed E-state index contributed by atoms with van der Waals surface area (Å²) in [7, 11) is 0. The number of nitrogen functional groups attached to an aromatic ring is 1. The number of halogens is 4. The van der Waals surface area contributed by atoms with Crippen molar-refractivity contribution in [3.8, 4) is 0 Å². The lowest BCUT2D eigenvalue weighted by molar-refractivity contribution is 1.63. The van der Waals surface area contributed by atoms with Gasteiger partial charge in [-0.2, -0.15) is 0 Å². The monoisotopic (exact) mass is 257 g/mol. The Morgan fingerprint density at radius 1 is 1.15 bits per heavy atom. The average molecular weight is 259 g/mol.